The van der Waals surface area contributed by atoms with E-state index in [1.54, 1.807) is 0 Å². The van der Waals surface area contributed by atoms with Crippen molar-refractivity contribution in [2.45, 2.75) is 6.04 Å². The monoisotopic (exact) mass is 144 g/mol. The van der Waals surface area contributed by atoms with E-state index in [1.165, 1.54) is 0 Å². The van der Waals surface area contributed by atoms with Gasteiger partial charge >= 0.3 is 5.97 Å². The molecule has 0 saturated carbocycles. The number of carboxylic acids is 1. The lowest BCUT2D eigenvalue weighted by molar-refractivity contribution is -0.141. The summed E-state index contributed by atoms with van der Waals surface area (Å²) in [5.74, 6) is -1.15. The lowest BCUT2D eigenvalue weighted by Gasteiger charge is -2.06. The maximum Gasteiger partial charge on any atom is 0.309 e. The van der Waals surface area contributed by atoms with E-state index in [0.29, 0.717) is 13.1 Å². The zero-order valence-corrected chi connectivity index (χ0v) is 5.95. The third-order valence-electron chi connectivity index (χ3n) is 1.86. The zero-order chi connectivity index (χ0) is 7.72. The van der Waals surface area contributed by atoms with Gasteiger partial charge in [0.05, 0.1) is 5.92 Å². The van der Waals surface area contributed by atoms with Crippen molar-refractivity contribution < 1.29 is 9.90 Å². The van der Waals surface area contributed by atoms with Crippen LogP contribution in [0.25, 0.3) is 0 Å². The highest BCUT2D eigenvalue weighted by Crippen LogP contribution is 2.12. The van der Waals surface area contributed by atoms with Crippen molar-refractivity contribution in [3.05, 3.63) is 0 Å². The molecule has 0 aromatic carbocycles. The Labute approximate surface area is 59.6 Å². The van der Waals surface area contributed by atoms with Gasteiger partial charge in [-0.2, -0.15) is 0 Å². The highest BCUT2D eigenvalue weighted by atomic mass is 16.4. The standard InChI is InChI=1S/C6H12N2O2/c1-8-2-4(6(9)10)5(7)3-8/h4-5H,2-3,7H2,1H3,(H,9,10)/t4-,5+/m0/s1. The van der Waals surface area contributed by atoms with Crippen LogP contribution in [0.5, 0.6) is 0 Å². The van der Waals surface area contributed by atoms with E-state index in [9.17, 15) is 4.79 Å². The highest BCUT2D eigenvalue weighted by molar-refractivity contribution is 5.71. The van der Waals surface area contributed by atoms with Crippen LogP contribution in [0.2, 0.25) is 0 Å². The zero-order valence-electron chi connectivity index (χ0n) is 5.95. The van der Waals surface area contributed by atoms with Gasteiger partial charge < -0.3 is 15.7 Å². The fourth-order valence-corrected chi connectivity index (χ4v) is 1.29. The Balaban J connectivity index is 2.54. The molecular weight excluding hydrogens is 132 g/mol. The van der Waals surface area contributed by atoms with Crippen LogP contribution in [-0.4, -0.2) is 42.2 Å². The number of carbonyl (C=O) groups is 1. The van der Waals surface area contributed by atoms with Crippen LogP contribution in [-0.2, 0) is 4.79 Å². The molecule has 0 spiro atoms. The molecule has 1 aliphatic rings. The molecule has 4 nitrogen and oxygen atoms in total. The van der Waals surface area contributed by atoms with Crippen molar-refractivity contribution in [3.8, 4) is 0 Å². The fourth-order valence-electron chi connectivity index (χ4n) is 1.29. The molecular formula is C6H12N2O2. The van der Waals surface area contributed by atoms with E-state index < -0.39 is 5.97 Å². The van der Waals surface area contributed by atoms with Gasteiger partial charge in [-0.1, -0.05) is 0 Å². The van der Waals surface area contributed by atoms with Crippen molar-refractivity contribution in [2.75, 3.05) is 20.1 Å². The average Bonchev–Trinajstić information content (AvgIpc) is 2.10. The number of likely N-dealkylation sites (N-methyl/N-ethyl adjacent to an activating group) is 1. The van der Waals surface area contributed by atoms with Crippen molar-refractivity contribution >= 4 is 5.97 Å². The maximum absolute atomic E-state index is 10.5. The van der Waals surface area contributed by atoms with Crippen molar-refractivity contribution in [3.63, 3.8) is 0 Å². The Morgan fingerprint density at radius 1 is 1.70 bits per heavy atom. The SMILES string of the molecule is CN1C[C@@H](N)[C@@H](C(=O)O)C1. The second-order valence-electron chi connectivity index (χ2n) is 2.83. The minimum absolute atomic E-state index is 0.192. The van der Waals surface area contributed by atoms with Gasteiger partial charge in [0, 0.05) is 19.1 Å². The van der Waals surface area contributed by atoms with Gasteiger partial charge in [0.25, 0.3) is 0 Å². The van der Waals surface area contributed by atoms with E-state index in [2.05, 4.69) is 0 Å². The molecule has 0 radical (unpaired) electrons. The molecule has 0 aromatic rings. The summed E-state index contributed by atoms with van der Waals surface area (Å²) in [4.78, 5) is 12.4. The summed E-state index contributed by atoms with van der Waals surface area (Å²) in [5.41, 5.74) is 5.55. The van der Waals surface area contributed by atoms with Crippen LogP contribution in [0.3, 0.4) is 0 Å². The van der Waals surface area contributed by atoms with E-state index in [0.717, 1.165) is 0 Å². The predicted molar refractivity (Wildman–Crippen MR) is 36.6 cm³/mol. The Morgan fingerprint density at radius 2 is 2.30 bits per heavy atom. The molecule has 0 amide bonds. The van der Waals surface area contributed by atoms with Crippen molar-refractivity contribution in [1.82, 2.24) is 4.90 Å². The minimum Gasteiger partial charge on any atom is -0.481 e. The molecule has 1 saturated heterocycles. The maximum atomic E-state index is 10.5. The van der Waals surface area contributed by atoms with Crippen molar-refractivity contribution in [1.29, 1.82) is 0 Å². The molecule has 1 fully saturated rings. The average molecular weight is 144 g/mol. The summed E-state index contributed by atoms with van der Waals surface area (Å²) >= 11 is 0. The number of hydrogen-bond acceptors (Lipinski definition) is 3. The summed E-state index contributed by atoms with van der Waals surface area (Å²) in [6, 6.07) is -0.192. The molecule has 1 heterocycles. The number of hydrogen-bond donors (Lipinski definition) is 2. The van der Waals surface area contributed by atoms with Gasteiger partial charge in [-0.3, -0.25) is 4.79 Å². The van der Waals surface area contributed by atoms with Gasteiger partial charge in [0.1, 0.15) is 0 Å². The number of carboxylic acid groups (broad SMARTS) is 1. The topological polar surface area (TPSA) is 66.6 Å². The van der Waals surface area contributed by atoms with Crippen molar-refractivity contribution in [2.24, 2.45) is 11.7 Å². The van der Waals surface area contributed by atoms with E-state index in [-0.39, 0.29) is 12.0 Å². The van der Waals surface area contributed by atoms with E-state index in [1.807, 2.05) is 11.9 Å². The lowest BCUT2D eigenvalue weighted by Crippen LogP contribution is -2.33. The van der Waals surface area contributed by atoms with Crippen LogP contribution < -0.4 is 5.73 Å². The first-order valence-electron chi connectivity index (χ1n) is 3.28. The highest BCUT2D eigenvalue weighted by Gasteiger charge is 2.33. The van der Waals surface area contributed by atoms with Gasteiger partial charge in [0.2, 0.25) is 0 Å². The van der Waals surface area contributed by atoms with Gasteiger partial charge in [-0.25, -0.2) is 0 Å². The van der Waals surface area contributed by atoms with Crippen LogP contribution in [0.15, 0.2) is 0 Å². The molecule has 0 bridgehead atoms. The molecule has 2 atom stereocenters. The van der Waals surface area contributed by atoms with E-state index >= 15 is 0 Å². The molecule has 0 unspecified atom stereocenters. The lowest BCUT2D eigenvalue weighted by atomic mass is 10.1. The first-order chi connectivity index (χ1) is 4.61. The van der Waals surface area contributed by atoms with Crippen LogP contribution >= 0.6 is 0 Å². The molecule has 0 aliphatic carbocycles. The third kappa shape index (κ3) is 1.27. The van der Waals surface area contributed by atoms with Gasteiger partial charge in [-0.15, -0.1) is 0 Å². The normalized spacial score (nSPS) is 34.6. The molecule has 0 aromatic heterocycles. The minimum atomic E-state index is -0.781. The Morgan fingerprint density at radius 3 is 2.50 bits per heavy atom. The molecule has 4 heteroatoms. The number of aliphatic carboxylic acids is 1. The molecule has 1 aliphatic heterocycles. The molecule has 58 valence electrons. The van der Waals surface area contributed by atoms with E-state index in [4.69, 9.17) is 10.8 Å². The summed E-state index contributed by atoms with van der Waals surface area (Å²) in [5, 5.41) is 8.59. The smallest absolute Gasteiger partial charge is 0.309 e. The Bertz CT molecular complexity index is 149. The molecule has 10 heavy (non-hydrogen) atoms. The number of likely N-dealkylation sites (tertiary alicyclic amines) is 1. The van der Waals surface area contributed by atoms with Crippen LogP contribution in [0.4, 0.5) is 0 Å². The number of nitrogens with two attached hydrogens (primary N) is 1. The fraction of sp³-hybridized carbons (Fsp3) is 0.833. The second-order valence-corrected chi connectivity index (χ2v) is 2.83. The Hall–Kier alpha value is -0.610. The van der Waals surface area contributed by atoms with Gasteiger partial charge in [-0.05, 0) is 7.05 Å². The van der Waals surface area contributed by atoms with Gasteiger partial charge in [0.15, 0.2) is 0 Å². The second kappa shape index (κ2) is 2.56. The first-order valence-corrected chi connectivity index (χ1v) is 3.28. The van der Waals surface area contributed by atoms with Crippen LogP contribution in [0.1, 0.15) is 0 Å². The van der Waals surface area contributed by atoms with Crippen LogP contribution in [0, 0.1) is 5.92 Å². The Kier molecular flexibility index (Phi) is 1.92. The summed E-state index contributed by atoms with van der Waals surface area (Å²) in [7, 11) is 1.88. The molecule has 1 rings (SSSR count). The summed E-state index contributed by atoms with van der Waals surface area (Å²) < 4.78 is 0. The summed E-state index contributed by atoms with van der Waals surface area (Å²) in [6.07, 6.45) is 0. The largest absolute Gasteiger partial charge is 0.481 e. The number of nitrogens with zero attached hydrogens (tertiary/aromatic N) is 1. The molecule has 3 N–H and O–H groups in total. The number of rotatable bonds is 1. The summed E-state index contributed by atoms with van der Waals surface area (Å²) in [6.45, 7) is 1.27. The first kappa shape index (κ1) is 7.50. The third-order valence-corrected chi connectivity index (χ3v) is 1.86. The quantitative estimate of drug-likeness (QED) is 0.493. The predicted octanol–water partition coefficient (Wildman–Crippen LogP) is -1.04.